The minimum absolute atomic E-state index is 0.126. The molecule has 6 nitrogen and oxygen atoms in total. The Kier molecular flexibility index (Phi) is 6.21. The SMILES string of the molecule is COc1ccc(OCC(=O)Nc2ccnn2Cc2ccc(Cl)cc2Cl)cc1. The highest BCUT2D eigenvalue weighted by molar-refractivity contribution is 6.35. The molecule has 1 N–H and O–H groups in total. The molecule has 0 saturated carbocycles. The molecule has 8 heteroatoms. The quantitative estimate of drug-likeness (QED) is 0.637. The smallest absolute Gasteiger partial charge is 0.263 e. The molecule has 1 amide bonds. The van der Waals surface area contributed by atoms with Gasteiger partial charge in [0.2, 0.25) is 0 Å². The van der Waals surface area contributed by atoms with E-state index in [0.717, 1.165) is 11.3 Å². The van der Waals surface area contributed by atoms with Gasteiger partial charge in [0, 0.05) is 16.1 Å². The first-order valence-electron chi connectivity index (χ1n) is 8.07. The lowest BCUT2D eigenvalue weighted by molar-refractivity contribution is -0.118. The highest BCUT2D eigenvalue weighted by Crippen LogP contribution is 2.23. The minimum atomic E-state index is -0.297. The van der Waals surface area contributed by atoms with Gasteiger partial charge in [0.05, 0.1) is 19.9 Å². The number of halogens is 2. The monoisotopic (exact) mass is 405 g/mol. The van der Waals surface area contributed by atoms with E-state index in [1.807, 2.05) is 6.07 Å². The first kappa shape index (κ1) is 19.1. The number of aromatic nitrogens is 2. The molecule has 0 unspecified atom stereocenters. The molecule has 3 rings (SSSR count). The van der Waals surface area contributed by atoms with Crippen LogP contribution in [0.15, 0.2) is 54.7 Å². The van der Waals surface area contributed by atoms with Gasteiger partial charge in [0.1, 0.15) is 17.3 Å². The van der Waals surface area contributed by atoms with Crippen LogP contribution in [0.1, 0.15) is 5.56 Å². The average molecular weight is 406 g/mol. The average Bonchev–Trinajstić information content (AvgIpc) is 3.09. The van der Waals surface area contributed by atoms with Crippen molar-refractivity contribution in [2.75, 3.05) is 19.0 Å². The minimum Gasteiger partial charge on any atom is -0.497 e. The van der Waals surface area contributed by atoms with E-state index in [1.165, 1.54) is 0 Å². The van der Waals surface area contributed by atoms with Crippen LogP contribution in [0.3, 0.4) is 0 Å². The van der Waals surface area contributed by atoms with Crippen LogP contribution in [0.25, 0.3) is 0 Å². The van der Waals surface area contributed by atoms with Crippen LogP contribution >= 0.6 is 23.2 Å². The van der Waals surface area contributed by atoms with Crippen molar-refractivity contribution >= 4 is 34.9 Å². The van der Waals surface area contributed by atoms with Gasteiger partial charge < -0.3 is 14.8 Å². The summed E-state index contributed by atoms with van der Waals surface area (Å²) in [5.74, 6) is 1.54. The van der Waals surface area contributed by atoms with Crippen molar-refractivity contribution in [1.82, 2.24) is 9.78 Å². The standard InChI is InChI=1S/C19H17Cl2N3O3/c1-26-15-4-6-16(7-5-15)27-12-19(25)23-18-8-9-22-24(18)11-13-2-3-14(20)10-17(13)21/h2-10H,11-12H2,1H3,(H,23,25). The van der Waals surface area contributed by atoms with Gasteiger partial charge in [-0.2, -0.15) is 5.10 Å². The van der Waals surface area contributed by atoms with Gasteiger partial charge in [-0.05, 0) is 42.0 Å². The molecule has 0 atom stereocenters. The van der Waals surface area contributed by atoms with E-state index in [4.69, 9.17) is 32.7 Å². The highest BCUT2D eigenvalue weighted by Gasteiger charge is 2.10. The van der Waals surface area contributed by atoms with Crippen LogP contribution in [0.2, 0.25) is 10.0 Å². The summed E-state index contributed by atoms with van der Waals surface area (Å²) in [4.78, 5) is 12.2. The lowest BCUT2D eigenvalue weighted by atomic mass is 10.2. The molecule has 0 saturated heterocycles. The summed E-state index contributed by atoms with van der Waals surface area (Å²) in [5, 5.41) is 8.10. The Hall–Kier alpha value is -2.70. The van der Waals surface area contributed by atoms with Crippen molar-refractivity contribution in [3.63, 3.8) is 0 Å². The van der Waals surface area contributed by atoms with Crippen molar-refractivity contribution in [2.24, 2.45) is 0 Å². The first-order chi connectivity index (χ1) is 13.0. The van der Waals surface area contributed by atoms with Gasteiger partial charge in [-0.15, -0.1) is 0 Å². The molecule has 0 aliphatic rings. The number of nitrogens with zero attached hydrogens (tertiary/aromatic N) is 2. The van der Waals surface area contributed by atoms with Crippen LogP contribution in [0, 0.1) is 0 Å². The number of carbonyl (C=O) groups is 1. The maximum Gasteiger partial charge on any atom is 0.263 e. The van der Waals surface area contributed by atoms with Crippen LogP contribution in [0.5, 0.6) is 11.5 Å². The van der Waals surface area contributed by atoms with E-state index in [0.29, 0.717) is 28.2 Å². The van der Waals surface area contributed by atoms with Crippen LogP contribution in [0.4, 0.5) is 5.82 Å². The molecule has 140 valence electrons. The Morgan fingerprint density at radius 3 is 2.56 bits per heavy atom. The lowest BCUT2D eigenvalue weighted by Crippen LogP contribution is -2.22. The van der Waals surface area contributed by atoms with E-state index < -0.39 is 0 Å². The molecule has 1 heterocycles. The van der Waals surface area contributed by atoms with E-state index in [1.54, 1.807) is 60.5 Å². The summed E-state index contributed by atoms with van der Waals surface area (Å²) < 4.78 is 12.2. The Morgan fingerprint density at radius 2 is 1.85 bits per heavy atom. The number of benzene rings is 2. The summed E-state index contributed by atoms with van der Waals surface area (Å²) in [6.45, 7) is 0.275. The summed E-state index contributed by atoms with van der Waals surface area (Å²) in [6, 6.07) is 13.9. The molecular weight excluding hydrogens is 389 g/mol. The number of rotatable bonds is 7. The number of ether oxygens (including phenoxy) is 2. The zero-order chi connectivity index (χ0) is 19.2. The Bertz CT molecular complexity index is 926. The van der Waals surface area contributed by atoms with Gasteiger partial charge in [-0.1, -0.05) is 29.3 Å². The van der Waals surface area contributed by atoms with Crippen LogP contribution in [-0.4, -0.2) is 29.4 Å². The second kappa shape index (κ2) is 8.79. The Balaban J connectivity index is 1.59. The van der Waals surface area contributed by atoms with Crippen molar-refractivity contribution in [3.8, 4) is 11.5 Å². The van der Waals surface area contributed by atoms with Gasteiger partial charge >= 0.3 is 0 Å². The van der Waals surface area contributed by atoms with Gasteiger partial charge in [0.25, 0.3) is 5.91 Å². The normalized spacial score (nSPS) is 10.5. The second-order valence-corrected chi connectivity index (χ2v) is 6.47. The lowest BCUT2D eigenvalue weighted by Gasteiger charge is -2.11. The summed E-state index contributed by atoms with van der Waals surface area (Å²) >= 11 is 12.1. The molecular formula is C19H17Cl2N3O3. The zero-order valence-corrected chi connectivity index (χ0v) is 16.0. The number of methoxy groups -OCH3 is 1. The predicted octanol–water partition coefficient (Wildman–Crippen LogP) is 4.26. The topological polar surface area (TPSA) is 65.4 Å². The van der Waals surface area contributed by atoms with E-state index in [9.17, 15) is 4.79 Å². The fourth-order valence-electron chi connectivity index (χ4n) is 2.38. The predicted molar refractivity (Wildman–Crippen MR) is 105 cm³/mol. The first-order valence-corrected chi connectivity index (χ1v) is 8.83. The molecule has 27 heavy (non-hydrogen) atoms. The summed E-state index contributed by atoms with van der Waals surface area (Å²) in [7, 11) is 1.59. The number of hydrogen-bond acceptors (Lipinski definition) is 4. The van der Waals surface area contributed by atoms with Crippen molar-refractivity contribution in [2.45, 2.75) is 6.54 Å². The fourth-order valence-corrected chi connectivity index (χ4v) is 2.84. The molecule has 0 aliphatic carbocycles. The summed E-state index contributed by atoms with van der Waals surface area (Å²) in [5.41, 5.74) is 0.842. The van der Waals surface area contributed by atoms with E-state index in [2.05, 4.69) is 10.4 Å². The van der Waals surface area contributed by atoms with E-state index >= 15 is 0 Å². The third-order valence-electron chi connectivity index (χ3n) is 3.75. The largest absolute Gasteiger partial charge is 0.497 e. The van der Waals surface area contributed by atoms with Crippen LogP contribution in [-0.2, 0) is 11.3 Å². The summed E-state index contributed by atoms with van der Waals surface area (Å²) in [6.07, 6.45) is 1.60. The third kappa shape index (κ3) is 5.15. The molecule has 0 bridgehead atoms. The van der Waals surface area contributed by atoms with Crippen molar-refractivity contribution in [3.05, 3.63) is 70.3 Å². The molecule has 0 spiro atoms. The number of amides is 1. The number of hydrogen-bond donors (Lipinski definition) is 1. The number of anilines is 1. The van der Waals surface area contributed by atoms with Crippen molar-refractivity contribution < 1.29 is 14.3 Å². The Labute approximate surface area is 166 Å². The number of carbonyl (C=O) groups excluding carboxylic acids is 1. The van der Waals surface area contributed by atoms with Gasteiger partial charge in [-0.25, -0.2) is 4.68 Å². The molecule has 0 fully saturated rings. The van der Waals surface area contributed by atoms with E-state index in [-0.39, 0.29) is 12.5 Å². The maximum atomic E-state index is 12.2. The second-order valence-electron chi connectivity index (χ2n) is 5.62. The molecule has 3 aromatic rings. The maximum absolute atomic E-state index is 12.2. The third-order valence-corrected chi connectivity index (χ3v) is 4.34. The van der Waals surface area contributed by atoms with Crippen LogP contribution < -0.4 is 14.8 Å². The molecule has 0 aliphatic heterocycles. The molecule has 1 aromatic heterocycles. The zero-order valence-electron chi connectivity index (χ0n) is 14.5. The Morgan fingerprint density at radius 1 is 1.11 bits per heavy atom. The fraction of sp³-hybridized carbons (Fsp3) is 0.158. The highest BCUT2D eigenvalue weighted by atomic mass is 35.5. The number of nitrogens with one attached hydrogen (secondary N) is 1. The van der Waals surface area contributed by atoms with Crippen molar-refractivity contribution in [1.29, 1.82) is 0 Å². The molecule has 0 radical (unpaired) electrons. The van der Waals surface area contributed by atoms with Gasteiger partial charge in [0.15, 0.2) is 6.61 Å². The molecule has 2 aromatic carbocycles. The van der Waals surface area contributed by atoms with Gasteiger partial charge in [-0.3, -0.25) is 4.79 Å².